The fourth-order valence-corrected chi connectivity index (χ4v) is 3.06. The maximum absolute atomic E-state index is 5.32. The summed E-state index contributed by atoms with van der Waals surface area (Å²) in [7, 11) is 2.65. The third-order valence-corrected chi connectivity index (χ3v) is 4.06. The van der Waals surface area contributed by atoms with Gasteiger partial charge in [-0.2, -0.15) is 0 Å². The molecule has 1 aliphatic rings. The van der Waals surface area contributed by atoms with E-state index in [1.807, 2.05) is 0 Å². The zero-order valence-electron chi connectivity index (χ0n) is 11.5. The molecule has 0 aliphatic carbocycles. The predicted octanol–water partition coefficient (Wildman–Crippen LogP) is 2.76. The predicted molar refractivity (Wildman–Crippen MR) is 81.5 cm³/mol. The Balaban J connectivity index is 1.77. The third-order valence-electron chi connectivity index (χ3n) is 4.06. The van der Waals surface area contributed by atoms with Crippen LogP contribution >= 0.6 is 0 Å². The molecule has 0 spiro atoms. The molecule has 3 heteroatoms. The maximum Gasteiger partial charge on any atom is 0.291 e. The van der Waals surface area contributed by atoms with E-state index in [1.165, 1.54) is 35.7 Å². The van der Waals surface area contributed by atoms with E-state index in [4.69, 9.17) is 4.65 Å². The van der Waals surface area contributed by atoms with Crippen LogP contribution in [0, 0.1) is 0 Å². The Morgan fingerprint density at radius 2 is 2.05 bits per heavy atom. The van der Waals surface area contributed by atoms with Crippen molar-refractivity contribution in [3.8, 4) is 0 Å². The molecule has 19 heavy (non-hydrogen) atoms. The van der Waals surface area contributed by atoms with Crippen molar-refractivity contribution in [3.05, 3.63) is 48.0 Å². The Bertz CT molecular complexity index is 557. The van der Waals surface area contributed by atoms with E-state index in [0.29, 0.717) is 5.94 Å². The van der Waals surface area contributed by atoms with Crippen molar-refractivity contribution in [1.29, 1.82) is 0 Å². The summed E-state index contributed by atoms with van der Waals surface area (Å²) in [6.07, 6.45) is 2.56. The van der Waals surface area contributed by atoms with E-state index in [-0.39, 0.29) is 0 Å². The van der Waals surface area contributed by atoms with Gasteiger partial charge in [0.25, 0.3) is 7.48 Å². The minimum atomic E-state index is 0.594. The van der Waals surface area contributed by atoms with Crippen molar-refractivity contribution < 1.29 is 4.65 Å². The molecule has 1 atom stereocenters. The number of likely N-dealkylation sites (tertiary alicyclic amines) is 1. The summed E-state index contributed by atoms with van der Waals surface area (Å²) in [6.45, 7) is 2.24. The number of nitrogens with zero attached hydrogens (tertiary/aromatic N) is 1. The molecule has 0 N–H and O–H groups in total. The summed E-state index contributed by atoms with van der Waals surface area (Å²) in [4.78, 5) is 2.55. The molecule has 1 aliphatic heterocycles. The van der Waals surface area contributed by atoms with Crippen LogP contribution in [-0.2, 0) is 11.2 Å². The lowest BCUT2D eigenvalue weighted by molar-refractivity contribution is 0.280. The molecule has 0 radical (unpaired) electrons. The molecular formula is C16H20BNO. The van der Waals surface area contributed by atoms with Gasteiger partial charge in [0.05, 0.1) is 0 Å². The van der Waals surface area contributed by atoms with Crippen LogP contribution in [-0.4, -0.2) is 32.0 Å². The summed E-state index contributed by atoms with van der Waals surface area (Å²) in [5.74, 6) is 0.594. The fourth-order valence-electron chi connectivity index (χ4n) is 3.06. The molecule has 0 amide bonds. The van der Waals surface area contributed by atoms with Crippen LogP contribution in [0.3, 0.4) is 0 Å². The Hall–Kier alpha value is -1.32. The van der Waals surface area contributed by atoms with Gasteiger partial charge in [0, 0.05) is 19.6 Å². The van der Waals surface area contributed by atoms with Gasteiger partial charge in [-0.25, -0.2) is 0 Å². The first-order valence-electron chi connectivity index (χ1n) is 7.07. The van der Waals surface area contributed by atoms with Gasteiger partial charge in [-0.1, -0.05) is 36.4 Å². The Labute approximate surface area is 115 Å². The summed E-state index contributed by atoms with van der Waals surface area (Å²) < 4.78 is 5.32. The Morgan fingerprint density at radius 1 is 1.21 bits per heavy atom. The van der Waals surface area contributed by atoms with Gasteiger partial charge < -0.3 is 9.55 Å². The Kier molecular flexibility index (Phi) is 3.85. The Morgan fingerprint density at radius 3 is 2.89 bits per heavy atom. The van der Waals surface area contributed by atoms with E-state index >= 15 is 0 Å². The van der Waals surface area contributed by atoms with Crippen LogP contribution in [0.4, 0.5) is 0 Å². The van der Waals surface area contributed by atoms with E-state index in [2.05, 4.69) is 47.4 Å². The summed E-state index contributed by atoms with van der Waals surface area (Å²) in [5, 5.41) is 2.66. The van der Waals surface area contributed by atoms with Crippen molar-refractivity contribution in [2.45, 2.75) is 25.3 Å². The van der Waals surface area contributed by atoms with Crippen molar-refractivity contribution in [2.75, 3.05) is 13.7 Å². The van der Waals surface area contributed by atoms with E-state index < -0.39 is 0 Å². The molecule has 0 aromatic heterocycles. The highest BCUT2D eigenvalue weighted by molar-refractivity contribution is 6.29. The van der Waals surface area contributed by atoms with E-state index in [1.54, 1.807) is 7.11 Å². The molecular weight excluding hydrogens is 233 g/mol. The molecule has 2 nitrogen and oxygen atoms in total. The zero-order valence-corrected chi connectivity index (χ0v) is 11.5. The standard InChI is InChI=1S/C16H20BNO/c1-19-17-16-7-4-10-18(16)12-13-8-9-14-5-2-3-6-15(14)11-13/h2-3,5-6,8-9,11,16-17H,4,7,10,12H2,1H3/t16-/m1/s1. The lowest BCUT2D eigenvalue weighted by Crippen LogP contribution is -2.34. The number of hydrogen-bond acceptors (Lipinski definition) is 2. The van der Waals surface area contributed by atoms with E-state index in [9.17, 15) is 0 Å². The lowest BCUT2D eigenvalue weighted by atomic mass is 9.85. The van der Waals surface area contributed by atoms with Crippen molar-refractivity contribution in [1.82, 2.24) is 4.90 Å². The molecule has 2 aromatic rings. The van der Waals surface area contributed by atoms with Crippen LogP contribution in [0.2, 0.25) is 0 Å². The molecule has 1 heterocycles. The molecule has 1 fully saturated rings. The minimum Gasteiger partial charge on any atom is -0.440 e. The number of benzene rings is 2. The molecule has 0 bridgehead atoms. The third kappa shape index (κ3) is 2.83. The molecule has 0 saturated carbocycles. The maximum atomic E-state index is 5.32. The highest BCUT2D eigenvalue weighted by atomic mass is 16.4. The number of hydrogen-bond donors (Lipinski definition) is 0. The van der Waals surface area contributed by atoms with Gasteiger partial charge in [0.2, 0.25) is 0 Å². The molecule has 1 saturated heterocycles. The lowest BCUT2D eigenvalue weighted by Gasteiger charge is -2.23. The second-order valence-electron chi connectivity index (χ2n) is 5.40. The second kappa shape index (κ2) is 5.76. The monoisotopic (exact) mass is 253 g/mol. The van der Waals surface area contributed by atoms with Crippen LogP contribution < -0.4 is 0 Å². The quantitative estimate of drug-likeness (QED) is 0.777. The van der Waals surface area contributed by atoms with Gasteiger partial charge in [0.1, 0.15) is 0 Å². The zero-order chi connectivity index (χ0) is 13.1. The van der Waals surface area contributed by atoms with Crippen LogP contribution in [0.25, 0.3) is 10.8 Å². The van der Waals surface area contributed by atoms with Crippen LogP contribution in [0.1, 0.15) is 18.4 Å². The first-order chi connectivity index (χ1) is 9.36. The highest BCUT2D eigenvalue weighted by Crippen LogP contribution is 2.22. The van der Waals surface area contributed by atoms with Gasteiger partial charge in [-0.05, 0) is 41.8 Å². The van der Waals surface area contributed by atoms with Crippen LogP contribution in [0.15, 0.2) is 42.5 Å². The largest absolute Gasteiger partial charge is 0.440 e. The van der Waals surface area contributed by atoms with Crippen molar-refractivity contribution in [3.63, 3.8) is 0 Å². The number of rotatable bonds is 4. The summed E-state index contributed by atoms with van der Waals surface area (Å²) in [6, 6.07) is 15.4. The fraction of sp³-hybridized carbons (Fsp3) is 0.375. The number of fused-ring (bicyclic) bond motifs is 1. The average molecular weight is 253 g/mol. The van der Waals surface area contributed by atoms with Gasteiger partial charge in [0.15, 0.2) is 0 Å². The van der Waals surface area contributed by atoms with Gasteiger partial charge in [-0.15, -0.1) is 0 Å². The second-order valence-corrected chi connectivity index (χ2v) is 5.40. The van der Waals surface area contributed by atoms with Crippen LogP contribution in [0.5, 0.6) is 0 Å². The van der Waals surface area contributed by atoms with Crippen molar-refractivity contribution in [2.24, 2.45) is 0 Å². The molecule has 3 rings (SSSR count). The highest BCUT2D eigenvalue weighted by Gasteiger charge is 2.25. The molecule has 98 valence electrons. The minimum absolute atomic E-state index is 0.594. The normalized spacial score (nSPS) is 19.9. The first kappa shape index (κ1) is 12.7. The van der Waals surface area contributed by atoms with Gasteiger partial charge in [-0.3, -0.25) is 0 Å². The van der Waals surface area contributed by atoms with Crippen molar-refractivity contribution >= 4 is 18.3 Å². The molecule has 2 aromatic carbocycles. The topological polar surface area (TPSA) is 12.5 Å². The summed E-state index contributed by atoms with van der Waals surface area (Å²) in [5.41, 5.74) is 1.40. The SMILES string of the molecule is COB[C@H]1CCCN1Cc1ccc2ccccc2c1. The average Bonchev–Trinajstić information content (AvgIpc) is 2.86. The van der Waals surface area contributed by atoms with Gasteiger partial charge >= 0.3 is 0 Å². The first-order valence-corrected chi connectivity index (χ1v) is 7.07. The molecule has 0 unspecified atom stereocenters. The summed E-state index contributed by atoms with van der Waals surface area (Å²) >= 11 is 0. The van der Waals surface area contributed by atoms with E-state index in [0.717, 1.165) is 14.0 Å². The smallest absolute Gasteiger partial charge is 0.291 e.